The molecule has 3 N–H and O–H groups in total. The van der Waals surface area contributed by atoms with Crippen molar-refractivity contribution in [2.45, 2.75) is 12.8 Å². The molecule has 1 aromatic carbocycles. The molecular formula is C11H13F2N3O. The van der Waals surface area contributed by atoms with Crippen LogP contribution in [0.4, 0.5) is 25.0 Å². The first-order chi connectivity index (χ1) is 8.09. The molecule has 0 atom stereocenters. The Labute approximate surface area is 97.4 Å². The maximum Gasteiger partial charge on any atom is 0.321 e. The van der Waals surface area contributed by atoms with E-state index in [1.165, 1.54) is 6.07 Å². The monoisotopic (exact) mass is 241 g/mol. The summed E-state index contributed by atoms with van der Waals surface area (Å²) in [6.07, 6.45) is 1.85. The van der Waals surface area contributed by atoms with Gasteiger partial charge in [-0.1, -0.05) is 0 Å². The lowest BCUT2D eigenvalue weighted by molar-refractivity contribution is 0.222. The number of nitrogens with one attached hydrogen (secondary N) is 1. The number of likely N-dealkylation sites (tertiary alicyclic amines) is 1. The van der Waals surface area contributed by atoms with Gasteiger partial charge in [0.2, 0.25) is 0 Å². The van der Waals surface area contributed by atoms with Crippen molar-refractivity contribution in [2.24, 2.45) is 0 Å². The van der Waals surface area contributed by atoms with Crippen molar-refractivity contribution in [1.29, 1.82) is 0 Å². The minimum atomic E-state index is -1.13. The topological polar surface area (TPSA) is 58.4 Å². The Kier molecular flexibility index (Phi) is 3.12. The normalized spacial score (nSPS) is 15.1. The smallest absolute Gasteiger partial charge is 0.321 e. The van der Waals surface area contributed by atoms with Crippen LogP contribution in [0.25, 0.3) is 0 Å². The van der Waals surface area contributed by atoms with Crippen LogP contribution in [0, 0.1) is 11.6 Å². The molecule has 1 heterocycles. The standard InChI is InChI=1S/C11H13F2N3O/c12-7-3-4-8(14)10(9(7)13)15-11(17)16-5-1-2-6-16/h3-4H,1-2,5-6,14H2,(H,15,17). The highest BCUT2D eigenvalue weighted by Gasteiger charge is 2.21. The van der Waals surface area contributed by atoms with E-state index in [4.69, 9.17) is 5.73 Å². The van der Waals surface area contributed by atoms with Gasteiger partial charge in [-0.3, -0.25) is 0 Å². The Morgan fingerprint density at radius 2 is 1.94 bits per heavy atom. The molecule has 0 unspecified atom stereocenters. The average Bonchev–Trinajstić information content (AvgIpc) is 2.83. The van der Waals surface area contributed by atoms with E-state index >= 15 is 0 Å². The number of anilines is 2. The molecule has 6 heteroatoms. The molecule has 1 aliphatic rings. The zero-order valence-corrected chi connectivity index (χ0v) is 9.17. The van der Waals surface area contributed by atoms with Gasteiger partial charge in [0.15, 0.2) is 11.6 Å². The van der Waals surface area contributed by atoms with Crippen LogP contribution in [0.1, 0.15) is 12.8 Å². The summed E-state index contributed by atoms with van der Waals surface area (Å²) in [6, 6.07) is 1.70. The van der Waals surface area contributed by atoms with Crippen molar-refractivity contribution in [2.75, 3.05) is 24.1 Å². The molecule has 17 heavy (non-hydrogen) atoms. The molecular weight excluding hydrogens is 228 g/mol. The van der Waals surface area contributed by atoms with Gasteiger partial charge in [0.05, 0.1) is 5.69 Å². The SMILES string of the molecule is Nc1ccc(F)c(F)c1NC(=O)N1CCCC1. The molecule has 2 amide bonds. The van der Waals surface area contributed by atoms with E-state index in [1.54, 1.807) is 4.90 Å². The van der Waals surface area contributed by atoms with E-state index in [9.17, 15) is 13.6 Å². The Morgan fingerprint density at radius 1 is 1.29 bits per heavy atom. The number of carbonyl (C=O) groups excluding carboxylic acids is 1. The fourth-order valence-electron chi connectivity index (χ4n) is 1.80. The molecule has 0 saturated carbocycles. The number of amides is 2. The van der Waals surface area contributed by atoms with E-state index in [0.717, 1.165) is 18.9 Å². The van der Waals surface area contributed by atoms with Crippen molar-refractivity contribution < 1.29 is 13.6 Å². The van der Waals surface area contributed by atoms with Gasteiger partial charge in [-0.25, -0.2) is 13.6 Å². The van der Waals surface area contributed by atoms with Gasteiger partial charge in [-0.2, -0.15) is 0 Å². The molecule has 0 radical (unpaired) electrons. The number of halogens is 2. The van der Waals surface area contributed by atoms with Crippen LogP contribution in [-0.4, -0.2) is 24.0 Å². The molecule has 0 bridgehead atoms. The Morgan fingerprint density at radius 3 is 2.59 bits per heavy atom. The molecule has 1 aromatic rings. The zero-order valence-electron chi connectivity index (χ0n) is 9.17. The summed E-state index contributed by atoms with van der Waals surface area (Å²) in [5.41, 5.74) is 5.22. The third kappa shape index (κ3) is 2.30. The van der Waals surface area contributed by atoms with Crippen LogP contribution in [-0.2, 0) is 0 Å². The molecule has 1 saturated heterocycles. The summed E-state index contributed by atoms with van der Waals surface area (Å²) in [5, 5.41) is 2.31. The second kappa shape index (κ2) is 4.57. The van der Waals surface area contributed by atoms with Gasteiger partial charge in [-0.15, -0.1) is 0 Å². The quantitative estimate of drug-likeness (QED) is 0.740. The van der Waals surface area contributed by atoms with Crippen LogP contribution in [0.2, 0.25) is 0 Å². The number of urea groups is 1. The second-order valence-corrected chi connectivity index (χ2v) is 3.95. The summed E-state index contributed by atoms with van der Waals surface area (Å²) < 4.78 is 26.4. The largest absolute Gasteiger partial charge is 0.397 e. The fraction of sp³-hybridized carbons (Fsp3) is 0.364. The number of hydrogen-bond acceptors (Lipinski definition) is 2. The Balaban J connectivity index is 2.17. The van der Waals surface area contributed by atoms with Gasteiger partial charge >= 0.3 is 6.03 Å². The molecule has 0 spiro atoms. The number of hydrogen-bond donors (Lipinski definition) is 2. The Bertz CT molecular complexity index is 445. The van der Waals surface area contributed by atoms with Gasteiger partial charge in [0, 0.05) is 13.1 Å². The van der Waals surface area contributed by atoms with E-state index in [1.807, 2.05) is 0 Å². The van der Waals surface area contributed by atoms with Crippen LogP contribution in [0.15, 0.2) is 12.1 Å². The number of rotatable bonds is 1. The highest BCUT2D eigenvalue weighted by Crippen LogP contribution is 2.25. The minimum absolute atomic E-state index is 0.0106. The predicted molar refractivity (Wildman–Crippen MR) is 60.6 cm³/mol. The second-order valence-electron chi connectivity index (χ2n) is 3.95. The van der Waals surface area contributed by atoms with Crippen molar-refractivity contribution in [3.05, 3.63) is 23.8 Å². The van der Waals surface area contributed by atoms with Crippen molar-refractivity contribution in [1.82, 2.24) is 4.90 Å². The van der Waals surface area contributed by atoms with Gasteiger partial charge in [-0.05, 0) is 25.0 Å². The average molecular weight is 241 g/mol. The molecule has 92 valence electrons. The van der Waals surface area contributed by atoms with E-state index in [2.05, 4.69) is 5.32 Å². The molecule has 1 aliphatic heterocycles. The lowest BCUT2D eigenvalue weighted by Gasteiger charge is -2.17. The highest BCUT2D eigenvalue weighted by molar-refractivity contribution is 5.93. The van der Waals surface area contributed by atoms with Crippen molar-refractivity contribution >= 4 is 17.4 Å². The summed E-state index contributed by atoms with van der Waals surface area (Å²) in [4.78, 5) is 13.2. The maximum atomic E-state index is 13.4. The van der Waals surface area contributed by atoms with E-state index < -0.39 is 17.7 Å². The highest BCUT2D eigenvalue weighted by atomic mass is 19.2. The zero-order chi connectivity index (χ0) is 12.4. The molecule has 1 fully saturated rings. The van der Waals surface area contributed by atoms with Crippen LogP contribution in [0.3, 0.4) is 0 Å². The maximum absolute atomic E-state index is 13.4. The fourth-order valence-corrected chi connectivity index (χ4v) is 1.80. The van der Waals surface area contributed by atoms with Gasteiger partial charge in [0.25, 0.3) is 0 Å². The lowest BCUT2D eigenvalue weighted by atomic mass is 10.2. The molecule has 4 nitrogen and oxygen atoms in total. The molecule has 2 rings (SSSR count). The van der Waals surface area contributed by atoms with E-state index in [-0.39, 0.29) is 11.4 Å². The van der Waals surface area contributed by atoms with Crippen molar-refractivity contribution in [3.63, 3.8) is 0 Å². The summed E-state index contributed by atoms with van der Waals surface area (Å²) in [7, 11) is 0. The number of carbonyl (C=O) groups is 1. The van der Waals surface area contributed by atoms with Crippen molar-refractivity contribution in [3.8, 4) is 0 Å². The first-order valence-electron chi connectivity index (χ1n) is 5.39. The molecule has 0 aromatic heterocycles. The van der Waals surface area contributed by atoms with Crippen LogP contribution >= 0.6 is 0 Å². The van der Waals surface area contributed by atoms with Crippen LogP contribution < -0.4 is 11.1 Å². The number of benzene rings is 1. The molecule has 0 aliphatic carbocycles. The summed E-state index contributed by atoms with van der Waals surface area (Å²) in [5.74, 6) is -2.16. The summed E-state index contributed by atoms with van der Waals surface area (Å²) >= 11 is 0. The first kappa shape index (κ1) is 11.6. The van der Waals surface area contributed by atoms with E-state index in [0.29, 0.717) is 13.1 Å². The number of nitrogens with two attached hydrogens (primary N) is 1. The van der Waals surface area contributed by atoms with Crippen LogP contribution in [0.5, 0.6) is 0 Å². The summed E-state index contributed by atoms with van der Waals surface area (Å²) in [6.45, 7) is 1.26. The Hall–Kier alpha value is -1.85. The van der Waals surface area contributed by atoms with Gasteiger partial charge in [0.1, 0.15) is 5.69 Å². The third-order valence-electron chi connectivity index (χ3n) is 2.75. The first-order valence-corrected chi connectivity index (χ1v) is 5.39. The minimum Gasteiger partial charge on any atom is -0.397 e. The van der Waals surface area contributed by atoms with Gasteiger partial charge < -0.3 is 16.0 Å². The number of nitrogens with zero attached hydrogens (tertiary/aromatic N) is 1. The predicted octanol–water partition coefficient (Wildman–Crippen LogP) is 2.17. The lowest BCUT2D eigenvalue weighted by Crippen LogP contribution is -2.32. The number of nitrogen functional groups attached to an aromatic ring is 1. The third-order valence-corrected chi connectivity index (χ3v) is 2.75.